The van der Waals surface area contributed by atoms with Crippen LogP contribution in [0, 0.1) is 18.3 Å². The summed E-state index contributed by atoms with van der Waals surface area (Å²) in [5, 5.41) is 5.76. The molecule has 2 aromatic rings. The summed E-state index contributed by atoms with van der Waals surface area (Å²) in [7, 11) is 0. The molecule has 0 saturated carbocycles. The summed E-state index contributed by atoms with van der Waals surface area (Å²) in [6, 6.07) is 5.92. The third-order valence-corrected chi connectivity index (χ3v) is 3.07. The first-order valence-electron chi connectivity index (χ1n) is 7.05. The molecule has 0 aliphatic heterocycles. The lowest BCUT2D eigenvalue weighted by atomic mass is 10.2. The van der Waals surface area contributed by atoms with Crippen LogP contribution < -0.4 is 10.1 Å². The number of aryl methyl sites for hydroxylation is 1. The van der Waals surface area contributed by atoms with Gasteiger partial charge in [0.15, 0.2) is 0 Å². The summed E-state index contributed by atoms with van der Waals surface area (Å²) in [6.45, 7) is 1.75. The van der Waals surface area contributed by atoms with Crippen LogP contribution >= 0.6 is 0 Å². The predicted octanol–water partition coefficient (Wildman–Crippen LogP) is 4.91. The average Bonchev–Trinajstić information content (AvgIpc) is 2.57. The van der Waals surface area contributed by atoms with Crippen LogP contribution in [0.25, 0.3) is 0 Å². The number of alkyl halides is 3. The Kier molecular flexibility index (Phi) is 5.68. The number of aromatic nitrogens is 1. The van der Waals surface area contributed by atoms with Crippen LogP contribution in [0.4, 0.5) is 23.2 Å². The Morgan fingerprint density at radius 2 is 2.08 bits per heavy atom. The minimum atomic E-state index is -4.80. The normalized spacial score (nSPS) is 12.0. The van der Waals surface area contributed by atoms with Gasteiger partial charge in [-0.2, -0.15) is 18.3 Å². The van der Waals surface area contributed by atoms with Crippen molar-refractivity contribution in [1.29, 1.82) is 5.53 Å². The van der Waals surface area contributed by atoms with Crippen molar-refractivity contribution in [3.8, 4) is 5.88 Å². The molecule has 0 aliphatic carbocycles. The lowest BCUT2D eigenvalue weighted by molar-refractivity contribution is -0.139. The van der Waals surface area contributed by atoms with E-state index in [2.05, 4.69) is 15.4 Å². The Morgan fingerprint density at radius 1 is 1.32 bits per heavy atom. The standard InChI is InChI=1S/C16H14F4N4O/c1-10-2-5-15(23-7-10)25-9-12(24-21)8-22-11-3-4-14(17)13(6-11)16(18,19)20/h2-8,21-22H,9H2,1H3/b12-8-,24-21?. The molecule has 2 N–H and O–H groups in total. The molecule has 0 radical (unpaired) electrons. The molecule has 1 heterocycles. The van der Waals surface area contributed by atoms with Gasteiger partial charge >= 0.3 is 6.18 Å². The first-order chi connectivity index (χ1) is 11.8. The summed E-state index contributed by atoms with van der Waals surface area (Å²) < 4.78 is 56.6. The van der Waals surface area contributed by atoms with E-state index >= 15 is 0 Å². The van der Waals surface area contributed by atoms with E-state index in [0.29, 0.717) is 18.0 Å². The molecule has 0 atom stereocenters. The molecular weight excluding hydrogens is 340 g/mol. The highest BCUT2D eigenvalue weighted by Gasteiger charge is 2.34. The highest BCUT2D eigenvalue weighted by Crippen LogP contribution is 2.33. The number of anilines is 1. The fourth-order valence-corrected chi connectivity index (χ4v) is 1.79. The number of ether oxygens (including phenoxy) is 1. The number of hydrogen-bond donors (Lipinski definition) is 2. The number of nitrogens with zero attached hydrogens (tertiary/aromatic N) is 2. The summed E-state index contributed by atoms with van der Waals surface area (Å²) in [4.78, 5) is 4.01. The van der Waals surface area contributed by atoms with Crippen molar-refractivity contribution >= 4 is 5.69 Å². The van der Waals surface area contributed by atoms with E-state index < -0.39 is 17.6 Å². The smallest absolute Gasteiger partial charge is 0.419 e. The second kappa shape index (κ2) is 7.73. The molecule has 0 amide bonds. The van der Waals surface area contributed by atoms with Crippen molar-refractivity contribution in [1.82, 2.24) is 4.98 Å². The molecular formula is C16H14F4N4O. The summed E-state index contributed by atoms with van der Waals surface area (Å²) >= 11 is 0. The first-order valence-corrected chi connectivity index (χ1v) is 7.05. The maximum atomic E-state index is 13.2. The number of benzene rings is 1. The molecule has 0 aliphatic rings. The van der Waals surface area contributed by atoms with E-state index in [1.165, 1.54) is 6.20 Å². The van der Waals surface area contributed by atoms with Crippen LogP contribution in [-0.4, -0.2) is 11.6 Å². The maximum Gasteiger partial charge on any atom is 0.419 e. The fourth-order valence-electron chi connectivity index (χ4n) is 1.79. The molecule has 0 bridgehead atoms. The zero-order valence-corrected chi connectivity index (χ0v) is 13.1. The van der Waals surface area contributed by atoms with Gasteiger partial charge in [-0.15, -0.1) is 0 Å². The number of halogens is 4. The zero-order chi connectivity index (χ0) is 18.4. The third-order valence-electron chi connectivity index (χ3n) is 3.07. The minimum absolute atomic E-state index is 0.00309. The van der Waals surface area contributed by atoms with Crippen molar-refractivity contribution in [2.45, 2.75) is 13.1 Å². The van der Waals surface area contributed by atoms with E-state index in [1.54, 1.807) is 18.3 Å². The van der Waals surface area contributed by atoms with Gasteiger partial charge in [-0.05, 0) is 30.7 Å². The van der Waals surface area contributed by atoms with Gasteiger partial charge in [0.2, 0.25) is 5.88 Å². The Labute approximate surface area is 140 Å². The SMILES string of the molecule is Cc1ccc(OC/C(=C/Nc2ccc(F)c(C(F)(F)F)c2)N=N)nc1. The molecule has 0 spiro atoms. The van der Waals surface area contributed by atoms with Crippen molar-refractivity contribution in [2.24, 2.45) is 5.11 Å². The molecule has 132 valence electrons. The Hall–Kier alpha value is -2.97. The topological polar surface area (TPSA) is 70.4 Å². The van der Waals surface area contributed by atoms with Crippen LogP contribution in [-0.2, 0) is 6.18 Å². The highest BCUT2D eigenvalue weighted by atomic mass is 19.4. The molecule has 1 aromatic heterocycles. The largest absolute Gasteiger partial charge is 0.471 e. The Bertz CT molecular complexity index is 773. The average molecular weight is 354 g/mol. The van der Waals surface area contributed by atoms with Crippen LogP contribution in [0.1, 0.15) is 11.1 Å². The first kappa shape index (κ1) is 18.4. The van der Waals surface area contributed by atoms with Gasteiger partial charge < -0.3 is 10.1 Å². The Morgan fingerprint density at radius 3 is 2.68 bits per heavy atom. The lowest BCUT2D eigenvalue weighted by Gasteiger charge is -2.10. The van der Waals surface area contributed by atoms with Gasteiger partial charge in [0.25, 0.3) is 0 Å². The molecule has 0 saturated heterocycles. The second-order valence-corrected chi connectivity index (χ2v) is 5.05. The van der Waals surface area contributed by atoms with Crippen LogP contribution in [0.15, 0.2) is 53.5 Å². The quantitative estimate of drug-likeness (QED) is 0.572. The van der Waals surface area contributed by atoms with Gasteiger partial charge in [-0.25, -0.2) is 14.9 Å². The molecule has 9 heteroatoms. The summed E-state index contributed by atoms with van der Waals surface area (Å²) in [6.07, 6.45) is -1.99. The molecule has 25 heavy (non-hydrogen) atoms. The van der Waals surface area contributed by atoms with Crippen LogP contribution in [0.2, 0.25) is 0 Å². The van der Waals surface area contributed by atoms with E-state index in [4.69, 9.17) is 10.3 Å². The van der Waals surface area contributed by atoms with Gasteiger partial charge in [0.05, 0.1) is 5.56 Å². The monoisotopic (exact) mass is 354 g/mol. The minimum Gasteiger partial charge on any atom is -0.471 e. The molecule has 0 unspecified atom stereocenters. The van der Waals surface area contributed by atoms with E-state index in [1.807, 2.05) is 6.92 Å². The van der Waals surface area contributed by atoms with E-state index in [0.717, 1.165) is 11.6 Å². The van der Waals surface area contributed by atoms with Crippen LogP contribution in [0.5, 0.6) is 5.88 Å². The number of pyridine rings is 1. The number of rotatable bonds is 6. The van der Waals surface area contributed by atoms with Crippen molar-refractivity contribution in [3.63, 3.8) is 0 Å². The summed E-state index contributed by atoms with van der Waals surface area (Å²) in [5.41, 5.74) is 6.76. The van der Waals surface area contributed by atoms with E-state index in [9.17, 15) is 17.6 Å². The van der Waals surface area contributed by atoms with Gasteiger partial charge in [-0.1, -0.05) is 6.07 Å². The third kappa shape index (κ3) is 5.27. The van der Waals surface area contributed by atoms with Crippen molar-refractivity contribution in [2.75, 3.05) is 11.9 Å². The predicted molar refractivity (Wildman–Crippen MR) is 82.7 cm³/mol. The lowest BCUT2D eigenvalue weighted by Crippen LogP contribution is -2.09. The molecule has 1 aromatic carbocycles. The second-order valence-electron chi connectivity index (χ2n) is 5.05. The van der Waals surface area contributed by atoms with Gasteiger partial charge in [0.1, 0.15) is 18.1 Å². The molecule has 0 fully saturated rings. The highest BCUT2D eigenvalue weighted by molar-refractivity contribution is 5.49. The van der Waals surface area contributed by atoms with Crippen LogP contribution in [0.3, 0.4) is 0 Å². The van der Waals surface area contributed by atoms with Gasteiger partial charge in [0, 0.05) is 24.2 Å². The number of hydrogen-bond acceptors (Lipinski definition) is 5. The molecule has 2 rings (SSSR count). The number of nitrogens with one attached hydrogen (secondary N) is 2. The zero-order valence-electron chi connectivity index (χ0n) is 13.1. The Balaban J connectivity index is 2.05. The molecule has 5 nitrogen and oxygen atoms in total. The van der Waals surface area contributed by atoms with Crippen molar-refractivity contribution < 1.29 is 22.3 Å². The fraction of sp³-hybridized carbons (Fsp3) is 0.188. The maximum absolute atomic E-state index is 13.2. The van der Waals surface area contributed by atoms with E-state index in [-0.39, 0.29) is 18.0 Å². The van der Waals surface area contributed by atoms with Gasteiger partial charge in [-0.3, -0.25) is 0 Å². The van der Waals surface area contributed by atoms with Crippen molar-refractivity contribution in [3.05, 3.63) is 65.4 Å². The summed E-state index contributed by atoms with van der Waals surface area (Å²) in [5.74, 6) is -1.04.